The molecule has 0 atom stereocenters. The van der Waals surface area contributed by atoms with Crippen molar-refractivity contribution in [2.45, 2.75) is 31.6 Å². The molecular formula is C32H40FN9O3S. The van der Waals surface area contributed by atoms with Crippen LogP contribution in [0.3, 0.4) is 0 Å². The van der Waals surface area contributed by atoms with Gasteiger partial charge in [-0.25, -0.2) is 17.8 Å². The summed E-state index contributed by atoms with van der Waals surface area (Å²) in [5.41, 5.74) is 4.52. The standard InChI is InChI=1S/C32H40FN9O3S/c1-21-17-27(29(45-3)18-28(21)42-11-7-22(8-12-42)41-15-13-40(2)14-16-41)38-32-36-19-24(33)31(39-32)37-25-5-6-26-30(35-10-9-34-26)23(25)20-46(4,43)44/h5-6,9-10,17-19,22H,7-8,11-16,20H2,1-4H3,(H2,36,37,38,39). The number of benzene rings is 2. The van der Waals surface area contributed by atoms with Crippen LogP contribution in [0.2, 0.25) is 0 Å². The first kappa shape index (κ1) is 31.8. The third-order valence-electron chi connectivity index (χ3n) is 8.77. The lowest BCUT2D eigenvalue weighted by Crippen LogP contribution is -2.52. The number of aryl methyl sites for hydroxylation is 1. The third-order valence-corrected chi connectivity index (χ3v) is 9.59. The zero-order valence-electron chi connectivity index (χ0n) is 26.6. The number of anilines is 5. The summed E-state index contributed by atoms with van der Waals surface area (Å²) in [6, 6.07) is 7.98. The maximum atomic E-state index is 15.0. The molecule has 0 bridgehead atoms. The van der Waals surface area contributed by atoms with Gasteiger partial charge in [-0.05, 0) is 50.6 Å². The minimum absolute atomic E-state index is 0.119. The Bertz CT molecular complexity index is 1830. The molecule has 0 saturated carbocycles. The first-order valence-corrected chi connectivity index (χ1v) is 17.5. The molecule has 0 radical (unpaired) electrons. The lowest BCUT2D eigenvalue weighted by molar-refractivity contribution is 0.0982. The molecule has 2 saturated heterocycles. The summed E-state index contributed by atoms with van der Waals surface area (Å²) >= 11 is 0. The molecule has 244 valence electrons. The van der Waals surface area contributed by atoms with Crippen molar-refractivity contribution in [1.29, 1.82) is 0 Å². The van der Waals surface area contributed by atoms with Gasteiger partial charge >= 0.3 is 0 Å². The van der Waals surface area contributed by atoms with Crippen molar-refractivity contribution in [2.75, 3.05) is 75.2 Å². The van der Waals surface area contributed by atoms with Crippen LogP contribution >= 0.6 is 0 Å². The largest absolute Gasteiger partial charge is 0.494 e. The number of hydrogen-bond acceptors (Lipinski definition) is 12. The van der Waals surface area contributed by atoms with E-state index >= 15 is 4.39 Å². The molecule has 6 rings (SSSR count). The molecule has 4 heterocycles. The van der Waals surface area contributed by atoms with E-state index in [1.807, 2.05) is 12.1 Å². The molecule has 2 aliphatic heterocycles. The van der Waals surface area contributed by atoms with Crippen LogP contribution in [0.15, 0.2) is 42.9 Å². The van der Waals surface area contributed by atoms with Crippen LogP contribution in [0, 0.1) is 12.7 Å². The molecule has 2 N–H and O–H groups in total. The van der Waals surface area contributed by atoms with E-state index in [0.29, 0.717) is 39.8 Å². The van der Waals surface area contributed by atoms with Crippen molar-refractivity contribution in [1.82, 2.24) is 29.7 Å². The number of nitrogens with zero attached hydrogens (tertiary/aromatic N) is 7. The van der Waals surface area contributed by atoms with E-state index in [1.165, 1.54) is 12.4 Å². The van der Waals surface area contributed by atoms with Crippen LogP contribution in [0.1, 0.15) is 24.0 Å². The van der Waals surface area contributed by atoms with Gasteiger partial charge in [0.25, 0.3) is 0 Å². The highest BCUT2D eigenvalue weighted by atomic mass is 32.2. The van der Waals surface area contributed by atoms with Gasteiger partial charge in [-0.3, -0.25) is 14.9 Å². The number of halogens is 1. The fourth-order valence-corrected chi connectivity index (χ4v) is 7.14. The van der Waals surface area contributed by atoms with E-state index in [-0.39, 0.29) is 17.5 Å². The predicted octanol–water partition coefficient (Wildman–Crippen LogP) is 4.12. The Morgan fingerprint density at radius 2 is 1.72 bits per heavy atom. The second kappa shape index (κ2) is 13.3. The van der Waals surface area contributed by atoms with Gasteiger partial charge in [-0.2, -0.15) is 4.98 Å². The Morgan fingerprint density at radius 3 is 2.43 bits per heavy atom. The number of rotatable bonds is 9. The monoisotopic (exact) mass is 649 g/mol. The second-order valence-electron chi connectivity index (χ2n) is 12.1. The van der Waals surface area contributed by atoms with Crippen molar-refractivity contribution < 1.29 is 17.5 Å². The molecule has 0 spiro atoms. The summed E-state index contributed by atoms with van der Waals surface area (Å²) < 4.78 is 45.3. The Labute approximate surface area is 268 Å². The third kappa shape index (κ3) is 7.13. The molecule has 0 amide bonds. The maximum absolute atomic E-state index is 15.0. The average molecular weight is 650 g/mol. The summed E-state index contributed by atoms with van der Waals surface area (Å²) in [5, 5.41) is 6.14. The van der Waals surface area contributed by atoms with Gasteiger partial charge in [0.15, 0.2) is 21.5 Å². The maximum Gasteiger partial charge on any atom is 0.229 e. The van der Waals surface area contributed by atoms with Crippen LogP contribution < -0.4 is 20.3 Å². The number of ether oxygens (including phenoxy) is 1. The summed E-state index contributed by atoms with van der Waals surface area (Å²) in [6.45, 7) is 8.55. The number of hydrogen-bond donors (Lipinski definition) is 2. The van der Waals surface area contributed by atoms with Crippen LogP contribution in [-0.2, 0) is 15.6 Å². The molecule has 2 aromatic heterocycles. The fourth-order valence-electron chi connectivity index (χ4n) is 6.33. The van der Waals surface area contributed by atoms with E-state index < -0.39 is 15.7 Å². The van der Waals surface area contributed by atoms with Crippen LogP contribution in [-0.4, -0.2) is 104 Å². The van der Waals surface area contributed by atoms with E-state index in [4.69, 9.17) is 4.74 Å². The zero-order valence-corrected chi connectivity index (χ0v) is 27.4. The van der Waals surface area contributed by atoms with Crippen molar-refractivity contribution in [3.8, 4) is 5.75 Å². The molecule has 2 aliphatic rings. The minimum atomic E-state index is -3.44. The van der Waals surface area contributed by atoms with Crippen molar-refractivity contribution in [2.24, 2.45) is 0 Å². The van der Waals surface area contributed by atoms with Crippen molar-refractivity contribution >= 4 is 49.7 Å². The fraction of sp³-hybridized carbons (Fsp3) is 0.438. The van der Waals surface area contributed by atoms with Gasteiger partial charge in [0, 0.05) is 87.0 Å². The first-order chi connectivity index (χ1) is 22.1. The number of fused-ring (bicyclic) bond motifs is 1. The highest BCUT2D eigenvalue weighted by Gasteiger charge is 2.28. The first-order valence-electron chi connectivity index (χ1n) is 15.4. The quantitative estimate of drug-likeness (QED) is 0.271. The topological polar surface area (TPSA) is 129 Å². The molecule has 2 aromatic carbocycles. The lowest BCUT2D eigenvalue weighted by atomic mass is 10.0. The van der Waals surface area contributed by atoms with Gasteiger partial charge in [-0.15, -0.1) is 0 Å². The number of sulfone groups is 1. The lowest BCUT2D eigenvalue weighted by Gasteiger charge is -2.43. The molecule has 46 heavy (non-hydrogen) atoms. The summed E-state index contributed by atoms with van der Waals surface area (Å²) in [7, 11) is 0.360. The van der Waals surface area contributed by atoms with Gasteiger partial charge in [0.05, 0.1) is 35.8 Å². The van der Waals surface area contributed by atoms with Gasteiger partial charge in [-0.1, -0.05) is 0 Å². The second-order valence-corrected chi connectivity index (χ2v) is 14.3. The van der Waals surface area contributed by atoms with Crippen LogP contribution in [0.25, 0.3) is 11.0 Å². The molecule has 4 aromatic rings. The summed E-state index contributed by atoms with van der Waals surface area (Å²) in [4.78, 5) is 24.6. The molecule has 14 heteroatoms. The Kier molecular flexibility index (Phi) is 9.20. The highest BCUT2D eigenvalue weighted by Crippen LogP contribution is 2.36. The van der Waals surface area contributed by atoms with E-state index in [2.05, 4.69) is 59.2 Å². The summed E-state index contributed by atoms with van der Waals surface area (Å²) in [5.74, 6) is -0.362. The SMILES string of the molecule is COc1cc(N2CCC(N3CCN(C)CC3)CC2)c(C)cc1Nc1ncc(F)c(Nc2ccc3nccnc3c2CS(C)(=O)=O)n1. The number of likely N-dealkylation sites (N-methyl/N-ethyl adjacent to an activating group) is 1. The number of methoxy groups -OCH3 is 1. The van der Waals surface area contributed by atoms with E-state index in [0.717, 1.165) is 75.8 Å². The molecule has 12 nitrogen and oxygen atoms in total. The Hall–Kier alpha value is -4.14. The molecular weight excluding hydrogens is 609 g/mol. The molecule has 2 fully saturated rings. The van der Waals surface area contributed by atoms with Gasteiger partial charge < -0.3 is 25.2 Å². The summed E-state index contributed by atoms with van der Waals surface area (Å²) in [6.07, 6.45) is 7.47. The Morgan fingerprint density at radius 1 is 0.978 bits per heavy atom. The van der Waals surface area contributed by atoms with Crippen LogP contribution in [0.5, 0.6) is 5.75 Å². The predicted molar refractivity (Wildman–Crippen MR) is 179 cm³/mol. The van der Waals surface area contributed by atoms with E-state index in [9.17, 15) is 8.42 Å². The number of aromatic nitrogens is 4. The minimum Gasteiger partial charge on any atom is -0.494 e. The molecule has 0 aliphatic carbocycles. The van der Waals surface area contributed by atoms with Crippen LogP contribution in [0.4, 0.5) is 33.2 Å². The van der Waals surface area contributed by atoms with E-state index in [1.54, 1.807) is 19.2 Å². The normalized spacial score (nSPS) is 16.9. The van der Waals surface area contributed by atoms with Crippen molar-refractivity contribution in [3.63, 3.8) is 0 Å². The zero-order chi connectivity index (χ0) is 32.4. The number of nitrogens with one attached hydrogen (secondary N) is 2. The highest BCUT2D eigenvalue weighted by molar-refractivity contribution is 7.89. The van der Waals surface area contributed by atoms with Crippen molar-refractivity contribution in [3.05, 3.63) is 59.8 Å². The van der Waals surface area contributed by atoms with Gasteiger partial charge in [0.2, 0.25) is 5.95 Å². The van der Waals surface area contributed by atoms with Gasteiger partial charge in [0.1, 0.15) is 5.75 Å². The smallest absolute Gasteiger partial charge is 0.229 e. The average Bonchev–Trinajstić information content (AvgIpc) is 3.04. The number of piperazine rings is 1. The number of piperidine rings is 1. The molecule has 0 unspecified atom stereocenters. The Balaban J connectivity index is 1.20.